The van der Waals surface area contributed by atoms with Gasteiger partial charge < -0.3 is 24.2 Å². The number of ether oxygens (including phenoxy) is 1. The molecule has 0 bridgehead atoms. The molecule has 0 fully saturated rings. The second-order valence-corrected chi connectivity index (χ2v) is 7.54. The normalized spacial score (nSPS) is 14.4. The number of quaternary nitrogens is 1. The minimum absolute atomic E-state index is 0.101. The van der Waals surface area contributed by atoms with Crippen LogP contribution >= 0.6 is 0 Å². The van der Waals surface area contributed by atoms with Crippen LogP contribution in [0.3, 0.4) is 0 Å². The fraction of sp³-hybridized carbons (Fsp3) is 0.789. The van der Waals surface area contributed by atoms with Gasteiger partial charge in [0.2, 0.25) is 0 Å². The number of aliphatic hydroxyl groups is 1. The number of hydrogen-bond acceptors (Lipinski definition) is 5. The number of likely N-dealkylation sites (N-methyl/N-ethyl adjacent to an activating group) is 1. The Morgan fingerprint density at radius 3 is 2.36 bits per heavy atom. The second kappa shape index (κ2) is 12.9. The van der Waals surface area contributed by atoms with Crippen LogP contribution in [0.2, 0.25) is 0 Å². The highest BCUT2D eigenvalue weighted by atomic mass is 16.5. The minimum Gasteiger partial charge on any atom is -0.550 e. The van der Waals surface area contributed by atoms with Gasteiger partial charge in [-0.25, -0.2) is 0 Å². The van der Waals surface area contributed by atoms with Crippen molar-refractivity contribution in [1.29, 1.82) is 0 Å². The molecule has 25 heavy (non-hydrogen) atoms. The number of esters is 1. The zero-order chi connectivity index (χ0) is 19.3. The molecule has 0 radical (unpaired) electrons. The molecule has 0 saturated heterocycles. The Labute approximate surface area is 152 Å². The summed E-state index contributed by atoms with van der Waals surface area (Å²) in [7, 11) is 5.67. The van der Waals surface area contributed by atoms with Crippen molar-refractivity contribution in [3.8, 4) is 0 Å². The molecular weight excluding hydrogens is 322 g/mol. The summed E-state index contributed by atoms with van der Waals surface area (Å²) < 4.78 is 5.71. The molecule has 0 spiro atoms. The first-order valence-corrected chi connectivity index (χ1v) is 9.17. The number of unbranched alkanes of at least 4 members (excludes halogenated alkanes) is 3. The van der Waals surface area contributed by atoms with Gasteiger partial charge in [-0.05, 0) is 25.7 Å². The van der Waals surface area contributed by atoms with Crippen LogP contribution in [-0.4, -0.2) is 61.4 Å². The molecule has 2 atom stereocenters. The largest absolute Gasteiger partial charge is 0.550 e. The standard InChI is InChI=1S/C19H35NO5/c1-5-6-7-8-9-10-11-12-16(21)13-19(24)25-17(14-18(22)23)15-20(2,3)4/h6-7,16-17,21H,5,8-15H2,1-4H3/b7-6-. The molecule has 0 saturated carbocycles. The highest BCUT2D eigenvalue weighted by Crippen LogP contribution is 2.11. The Bertz CT molecular complexity index is 415. The van der Waals surface area contributed by atoms with E-state index < -0.39 is 24.1 Å². The van der Waals surface area contributed by atoms with Crippen LogP contribution in [0, 0.1) is 0 Å². The highest BCUT2D eigenvalue weighted by molar-refractivity contribution is 5.71. The van der Waals surface area contributed by atoms with Crippen molar-refractivity contribution in [3.05, 3.63) is 12.2 Å². The van der Waals surface area contributed by atoms with Crippen LogP contribution < -0.4 is 5.11 Å². The summed E-state index contributed by atoms with van der Waals surface area (Å²) in [6, 6.07) is 0. The summed E-state index contributed by atoms with van der Waals surface area (Å²) in [6.45, 7) is 2.48. The fourth-order valence-electron chi connectivity index (χ4n) is 2.57. The van der Waals surface area contributed by atoms with Gasteiger partial charge in [-0.15, -0.1) is 0 Å². The maximum Gasteiger partial charge on any atom is 0.308 e. The third-order valence-electron chi connectivity index (χ3n) is 3.66. The summed E-state index contributed by atoms with van der Waals surface area (Å²) in [6.07, 6.45) is 7.97. The fourth-order valence-corrected chi connectivity index (χ4v) is 2.57. The number of aliphatic hydroxyl groups excluding tert-OH is 1. The van der Waals surface area contributed by atoms with E-state index in [9.17, 15) is 19.8 Å². The number of carbonyl (C=O) groups is 2. The molecule has 2 unspecified atom stereocenters. The first-order valence-electron chi connectivity index (χ1n) is 9.17. The predicted octanol–water partition coefficient (Wildman–Crippen LogP) is 1.41. The molecule has 1 N–H and O–H groups in total. The Morgan fingerprint density at radius 2 is 1.80 bits per heavy atom. The van der Waals surface area contributed by atoms with Crippen molar-refractivity contribution in [1.82, 2.24) is 0 Å². The molecule has 0 heterocycles. The lowest BCUT2D eigenvalue weighted by Crippen LogP contribution is -2.45. The van der Waals surface area contributed by atoms with E-state index in [4.69, 9.17) is 4.74 Å². The number of carboxylic acid groups (broad SMARTS) is 1. The lowest BCUT2D eigenvalue weighted by atomic mass is 10.1. The molecule has 6 nitrogen and oxygen atoms in total. The van der Waals surface area contributed by atoms with Gasteiger partial charge in [0.05, 0.1) is 33.7 Å². The molecular formula is C19H35NO5. The summed E-state index contributed by atoms with van der Waals surface area (Å²) in [4.78, 5) is 22.7. The van der Waals surface area contributed by atoms with Crippen molar-refractivity contribution in [2.24, 2.45) is 0 Å². The molecule has 6 heteroatoms. The monoisotopic (exact) mass is 357 g/mol. The first kappa shape index (κ1) is 23.6. The molecule has 146 valence electrons. The quantitative estimate of drug-likeness (QED) is 0.220. The number of aliphatic carboxylic acids is 1. The molecule has 0 aromatic carbocycles. The molecule has 0 aromatic heterocycles. The Balaban J connectivity index is 4.10. The number of carbonyl (C=O) groups excluding carboxylic acids is 2. The van der Waals surface area contributed by atoms with Gasteiger partial charge in [-0.3, -0.25) is 4.79 Å². The molecule has 0 aliphatic heterocycles. The lowest BCUT2D eigenvalue weighted by Gasteiger charge is -2.29. The SMILES string of the molecule is CC/C=C\CCCCCC(O)CC(=O)OC(CC(=O)[O-])C[N+](C)(C)C. The maximum absolute atomic E-state index is 11.9. The Morgan fingerprint density at radius 1 is 1.12 bits per heavy atom. The Hall–Kier alpha value is -1.40. The molecule has 0 rings (SSSR count). The van der Waals surface area contributed by atoms with Crippen molar-refractivity contribution >= 4 is 11.9 Å². The smallest absolute Gasteiger partial charge is 0.308 e. The van der Waals surface area contributed by atoms with Crippen LogP contribution in [0.5, 0.6) is 0 Å². The van der Waals surface area contributed by atoms with E-state index in [1.807, 2.05) is 21.1 Å². The number of hydrogen-bond donors (Lipinski definition) is 1. The van der Waals surface area contributed by atoms with Gasteiger partial charge in [0, 0.05) is 12.4 Å². The number of allylic oxidation sites excluding steroid dienone is 2. The van der Waals surface area contributed by atoms with E-state index in [1.54, 1.807) is 0 Å². The topological polar surface area (TPSA) is 86.7 Å². The van der Waals surface area contributed by atoms with E-state index in [-0.39, 0.29) is 12.8 Å². The van der Waals surface area contributed by atoms with Crippen LogP contribution in [-0.2, 0) is 14.3 Å². The van der Waals surface area contributed by atoms with Crippen LogP contribution in [0.1, 0.15) is 58.3 Å². The van der Waals surface area contributed by atoms with Crippen LogP contribution in [0.4, 0.5) is 0 Å². The first-order chi connectivity index (χ1) is 11.6. The van der Waals surface area contributed by atoms with E-state index in [0.29, 0.717) is 17.4 Å². The number of carboxylic acids is 1. The van der Waals surface area contributed by atoms with Crippen molar-refractivity contribution in [2.75, 3.05) is 27.7 Å². The predicted molar refractivity (Wildman–Crippen MR) is 95.5 cm³/mol. The third-order valence-corrected chi connectivity index (χ3v) is 3.66. The van der Waals surface area contributed by atoms with E-state index >= 15 is 0 Å². The molecule has 0 amide bonds. The highest BCUT2D eigenvalue weighted by Gasteiger charge is 2.23. The van der Waals surface area contributed by atoms with Gasteiger partial charge in [-0.2, -0.15) is 0 Å². The van der Waals surface area contributed by atoms with Crippen molar-refractivity contribution in [3.63, 3.8) is 0 Å². The van der Waals surface area contributed by atoms with Gasteiger partial charge in [0.25, 0.3) is 0 Å². The van der Waals surface area contributed by atoms with Gasteiger partial charge >= 0.3 is 5.97 Å². The van der Waals surface area contributed by atoms with Gasteiger partial charge in [0.15, 0.2) is 6.10 Å². The molecule has 0 aromatic rings. The van der Waals surface area contributed by atoms with E-state index in [0.717, 1.165) is 32.1 Å². The van der Waals surface area contributed by atoms with Gasteiger partial charge in [-0.1, -0.05) is 31.9 Å². The third kappa shape index (κ3) is 15.8. The Kier molecular flexibility index (Phi) is 12.2. The van der Waals surface area contributed by atoms with Gasteiger partial charge in [0.1, 0.15) is 6.54 Å². The number of rotatable bonds is 14. The lowest BCUT2D eigenvalue weighted by molar-refractivity contribution is -0.873. The van der Waals surface area contributed by atoms with Crippen LogP contribution in [0.15, 0.2) is 12.2 Å². The number of nitrogens with zero attached hydrogens (tertiary/aromatic N) is 1. The summed E-state index contributed by atoms with van der Waals surface area (Å²) in [5.74, 6) is -1.80. The van der Waals surface area contributed by atoms with Crippen LogP contribution in [0.25, 0.3) is 0 Å². The second-order valence-electron chi connectivity index (χ2n) is 7.54. The van der Waals surface area contributed by atoms with Crippen molar-refractivity contribution < 1.29 is 29.0 Å². The zero-order valence-corrected chi connectivity index (χ0v) is 16.2. The van der Waals surface area contributed by atoms with Crippen molar-refractivity contribution in [2.45, 2.75) is 70.5 Å². The van der Waals surface area contributed by atoms with E-state index in [1.165, 1.54) is 0 Å². The van der Waals surface area contributed by atoms with E-state index in [2.05, 4.69) is 19.1 Å². The summed E-state index contributed by atoms with van der Waals surface area (Å²) >= 11 is 0. The summed E-state index contributed by atoms with van der Waals surface area (Å²) in [5, 5.41) is 20.7. The summed E-state index contributed by atoms with van der Waals surface area (Å²) in [5.41, 5.74) is 0. The zero-order valence-electron chi connectivity index (χ0n) is 16.2. The average molecular weight is 357 g/mol. The molecule has 0 aliphatic rings. The average Bonchev–Trinajstić information content (AvgIpc) is 2.43. The molecule has 0 aliphatic carbocycles. The maximum atomic E-state index is 11.9. The minimum atomic E-state index is -1.25.